The number of allylic oxidation sites excluding steroid dienone is 2. The van der Waals surface area contributed by atoms with Crippen LogP contribution in [0, 0.1) is 0 Å². The Balaban J connectivity index is 0.943. The molecule has 0 saturated heterocycles. The average molecular weight is 703 g/mol. The van der Waals surface area contributed by atoms with Crippen LogP contribution in [0.4, 0.5) is 0 Å². The summed E-state index contributed by atoms with van der Waals surface area (Å²) in [6, 6.07) is 52.9. The summed E-state index contributed by atoms with van der Waals surface area (Å²) in [5.74, 6) is 2.36. The standard InChI is InChI=1S/C46H34N6S/c1-3-10-29(11-4-1)35-16-9-17-37(25-35)45-51-43(31-13-5-2-6-14-31)50-44(52-45)33-21-19-32(20-22-33)42-47-28-40-41(49-42)39-26-38(27-48-46(39)53-40)36-23-18-30-12-7-8-15-34(30)24-36/h1-27,43,46,48H,28H2,(H,47,49)(H,50,51,52). The number of thioether (sulfide) groups is 1. The number of nitrogens with one attached hydrogen (secondary N) is 3. The van der Waals surface area contributed by atoms with Crippen molar-refractivity contribution in [3.8, 4) is 11.1 Å². The van der Waals surface area contributed by atoms with Gasteiger partial charge in [-0.05, 0) is 56.8 Å². The monoisotopic (exact) mass is 702 g/mol. The van der Waals surface area contributed by atoms with Crippen molar-refractivity contribution >= 4 is 45.6 Å². The van der Waals surface area contributed by atoms with E-state index in [0.717, 1.165) is 57.3 Å². The minimum absolute atomic E-state index is 0.161. The summed E-state index contributed by atoms with van der Waals surface area (Å²) in [6.07, 6.45) is 4.18. The SMILES string of the molecule is C1=C(c2ccc3ccccc3c2)C=C2C3=C(CNC(c4ccc(C5=NC(c6cccc(-c7ccccc7)c6)=NC(c6ccccc6)N5)cc4)=N3)SC2N1. The first-order valence-corrected chi connectivity index (χ1v) is 18.7. The van der Waals surface area contributed by atoms with Crippen molar-refractivity contribution in [1.82, 2.24) is 16.0 Å². The minimum Gasteiger partial charge on any atom is -0.375 e. The second-order valence-electron chi connectivity index (χ2n) is 13.4. The number of dihydropyridines is 1. The van der Waals surface area contributed by atoms with E-state index >= 15 is 0 Å². The molecule has 0 bridgehead atoms. The van der Waals surface area contributed by atoms with Gasteiger partial charge in [0, 0.05) is 39.9 Å². The molecule has 2 unspecified atom stereocenters. The molecular formula is C46H34N6S. The van der Waals surface area contributed by atoms with Crippen molar-refractivity contribution in [2.75, 3.05) is 6.54 Å². The Kier molecular flexibility index (Phi) is 7.84. The van der Waals surface area contributed by atoms with Gasteiger partial charge in [-0.15, -0.1) is 0 Å². The molecule has 0 amide bonds. The van der Waals surface area contributed by atoms with E-state index in [1.54, 1.807) is 0 Å². The smallest absolute Gasteiger partial charge is 0.159 e. The summed E-state index contributed by atoms with van der Waals surface area (Å²) in [5.41, 5.74) is 11.0. The molecule has 0 saturated carbocycles. The Morgan fingerprint density at radius 1 is 0.566 bits per heavy atom. The van der Waals surface area contributed by atoms with E-state index in [0.29, 0.717) is 5.84 Å². The van der Waals surface area contributed by atoms with Crippen molar-refractivity contribution in [2.45, 2.75) is 11.5 Å². The van der Waals surface area contributed by atoms with Crippen molar-refractivity contribution in [2.24, 2.45) is 15.0 Å². The highest BCUT2D eigenvalue weighted by atomic mass is 32.2. The molecule has 0 fully saturated rings. The van der Waals surface area contributed by atoms with E-state index in [9.17, 15) is 0 Å². The molecule has 0 radical (unpaired) electrons. The topological polar surface area (TPSA) is 73.2 Å². The maximum absolute atomic E-state index is 5.22. The van der Waals surface area contributed by atoms with Gasteiger partial charge in [-0.2, -0.15) is 0 Å². The molecule has 0 aromatic heterocycles. The molecule has 53 heavy (non-hydrogen) atoms. The van der Waals surface area contributed by atoms with Crippen LogP contribution >= 0.6 is 11.8 Å². The Labute approximate surface area is 312 Å². The Bertz CT molecular complexity index is 2580. The first kappa shape index (κ1) is 31.3. The number of amidine groups is 3. The van der Waals surface area contributed by atoms with Gasteiger partial charge >= 0.3 is 0 Å². The number of hydrogen-bond acceptors (Lipinski definition) is 7. The lowest BCUT2D eigenvalue weighted by molar-refractivity contribution is 0.674. The van der Waals surface area contributed by atoms with Crippen LogP contribution in [0.1, 0.15) is 34.0 Å². The Morgan fingerprint density at radius 3 is 2.09 bits per heavy atom. The van der Waals surface area contributed by atoms with Crippen LogP contribution in [0.25, 0.3) is 27.5 Å². The van der Waals surface area contributed by atoms with Gasteiger partial charge in [0.05, 0.1) is 5.70 Å². The average Bonchev–Trinajstić information content (AvgIpc) is 3.61. The highest BCUT2D eigenvalue weighted by Crippen LogP contribution is 2.45. The molecule has 6 aromatic carbocycles. The van der Waals surface area contributed by atoms with Gasteiger partial charge in [0.2, 0.25) is 0 Å². The quantitative estimate of drug-likeness (QED) is 0.162. The normalized spacial score (nSPS) is 19.0. The minimum atomic E-state index is -0.271. The molecule has 0 spiro atoms. The predicted octanol–water partition coefficient (Wildman–Crippen LogP) is 9.21. The summed E-state index contributed by atoms with van der Waals surface area (Å²) >= 11 is 1.84. The number of hydrogen-bond donors (Lipinski definition) is 3. The van der Waals surface area contributed by atoms with E-state index in [1.807, 2.05) is 36.0 Å². The third-order valence-corrected chi connectivity index (χ3v) is 11.3. The highest BCUT2D eigenvalue weighted by molar-refractivity contribution is 8.04. The van der Waals surface area contributed by atoms with Crippen LogP contribution in [0.15, 0.2) is 195 Å². The fourth-order valence-corrected chi connectivity index (χ4v) is 8.40. The van der Waals surface area contributed by atoms with Crippen LogP contribution in [0.5, 0.6) is 0 Å². The van der Waals surface area contributed by atoms with Crippen LogP contribution < -0.4 is 16.0 Å². The Morgan fingerprint density at radius 2 is 1.26 bits per heavy atom. The van der Waals surface area contributed by atoms with Crippen molar-refractivity contribution in [1.29, 1.82) is 0 Å². The van der Waals surface area contributed by atoms with Gasteiger partial charge < -0.3 is 16.0 Å². The van der Waals surface area contributed by atoms with Crippen LogP contribution in [0.2, 0.25) is 0 Å². The van der Waals surface area contributed by atoms with Gasteiger partial charge in [0.15, 0.2) is 5.84 Å². The number of nitrogens with zero attached hydrogens (tertiary/aromatic N) is 3. The van der Waals surface area contributed by atoms with Gasteiger partial charge in [-0.3, -0.25) is 0 Å². The fourth-order valence-electron chi connectivity index (χ4n) is 7.24. The predicted molar refractivity (Wildman–Crippen MR) is 220 cm³/mol. The van der Waals surface area contributed by atoms with Crippen LogP contribution in [-0.2, 0) is 0 Å². The van der Waals surface area contributed by atoms with Gasteiger partial charge in [-0.25, -0.2) is 15.0 Å². The lowest BCUT2D eigenvalue weighted by atomic mass is 9.97. The van der Waals surface area contributed by atoms with E-state index in [4.69, 9.17) is 15.0 Å². The van der Waals surface area contributed by atoms with E-state index < -0.39 is 0 Å². The summed E-state index contributed by atoms with van der Waals surface area (Å²) in [6.45, 7) is 0.746. The molecule has 2 atom stereocenters. The van der Waals surface area contributed by atoms with Crippen molar-refractivity contribution in [3.05, 3.63) is 208 Å². The number of aliphatic imine (C=N–C) groups is 3. The van der Waals surface area contributed by atoms with Gasteiger partial charge in [0.25, 0.3) is 0 Å². The highest BCUT2D eigenvalue weighted by Gasteiger charge is 2.34. The molecule has 6 nitrogen and oxygen atoms in total. The molecular weight excluding hydrogens is 669 g/mol. The fraction of sp³-hybridized carbons (Fsp3) is 0.0652. The van der Waals surface area contributed by atoms with E-state index in [2.05, 4.69) is 156 Å². The maximum atomic E-state index is 5.22. The summed E-state index contributed by atoms with van der Waals surface area (Å²) < 4.78 is 0. The number of benzene rings is 6. The molecule has 6 aromatic rings. The lowest BCUT2D eigenvalue weighted by Crippen LogP contribution is -2.33. The van der Waals surface area contributed by atoms with E-state index in [1.165, 1.54) is 32.4 Å². The molecule has 4 aliphatic rings. The molecule has 4 aliphatic heterocycles. The summed E-state index contributed by atoms with van der Waals surface area (Å²) in [7, 11) is 0. The van der Waals surface area contributed by atoms with Crippen LogP contribution in [0.3, 0.4) is 0 Å². The third kappa shape index (κ3) is 6.05. The second kappa shape index (κ2) is 13.3. The van der Waals surface area contributed by atoms with Crippen LogP contribution in [-0.4, -0.2) is 29.4 Å². The zero-order valence-electron chi connectivity index (χ0n) is 28.7. The Hall–Kier alpha value is -6.44. The zero-order chi connectivity index (χ0) is 35.1. The van der Waals surface area contributed by atoms with Crippen molar-refractivity contribution < 1.29 is 0 Å². The summed E-state index contributed by atoms with van der Waals surface area (Å²) in [5, 5.41) is 13.5. The van der Waals surface area contributed by atoms with Gasteiger partial charge in [0.1, 0.15) is 23.2 Å². The molecule has 4 heterocycles. The van der Waals surface area contributed by atoms with E-state index in [-0.39, 0.29) is 11.5 Å². The summed E-state index contributed by atoms with van der Waals surface area (Å²) in [4.78, 5) is 16.7. The number of fused-ring (bicyclic) bond motifs is 3. The molecule has 0 aliphatic carbocycles. The molecule has 10 rings (SSSR count). The molecule has 3 N–H and O–H groups in total. The lowest BCUT2D eigenvalue weighted by Gasteiger charge is -2.24. The molecule has 254 valence electrons. The van der Waals surface area contributed by atoms with Gasteiger partial charge in [-0.1, -0.05) is 151 Å². The maximum Gasteiger partial charge on any atom is 0.159 e. The third-order valence-electron chi connectivity index (χ3n) is 10.0. The van der Waals surface area contributed by atoms with Crippen molar-refractivity contribution in [3.63, 3.8) is 0 Å². The second-order valence-corrected chi connectivity index (χ2v) is 14.6. The number of rotatable bonds is 6. The first-order valence-electron chi connectivity index (χ1n) is 17.9. The first-order chi connectivity index (χ1) is 26.2. The molecule has 7 heteroatoms. The largest absolute Gasteiger partial charge is 0.375 e. The zero-order valence-corrected chi connectivity index (χ0v) is 29.5.